The Bertz CT molecular complexity index is 336. The zero-order chi connectivity index (χ0) is 11.4. The topological polar surface area (TPSA) is 66.0 Å². The van der Waals surface area contributed by atoms with Gasteiger partial charge in [-0.1, -0.05) is 11.8 Å². The van der Waals surface area contributed by atoms with Gasteiger partial charge in [-0.05, 0) is 19.3 Å². The molecule has 2 N–H and O–H groups in total. The molecule has 0 radical (unpaired) electrons. The van der Waals surface area contributed by atoms with Crippen molar-refractivity contribution in [3.63, 3.8) is 0 Å². The summed E-state index contributed by atoms with van der Waals surface area (Å²) in [4.78, 5) is 0. The molecule has 6 heteroatoms. The zero-order valence-electron chi connectivity index (χ0n) is 9.56. The molecule has 0 spiro atoms. The molecule has 90 valence electrons. The van der Waals surface area contributed by atoms with Crippen LogP contribution >= 0.6 is 11.8 Å². The fourth-order valence-electron chi connectivity index (χ4n) is 1.80. The lowest BCUT2D eigenvalue weighted by Crippen LogP contribution is -2.09. The van der Waals surface area contributed by atoms with E-state index in [9.17, 15) is 0 Å². The number of nitrogens with zero attached hydrogens (tertiary/aromatic N) is 3. The van der Waals surface area contributed by atoms with Crippen LogP contribution in [0.15, 0.2) is 5.16 Å². The highest BCUT2D eigenvalue weighted by Gasteiger charge is 2.18. The highest BCUT2D eigenvalue weighted by molar-refractivity contribution is 7.99. The maximum Gasteiger partial charge on any atom is 0.191 e. The van der Waals surface area contributed by atoms with Crippen molar-refractivity contribution in [2.45, 2.75) is 31.6 Å². The SMILES string of the molecule is CCn1c(CN)nnc1SCC1CCOC1. The lowest BCUT2D eigenvalue weighted by Gasteiger charge is -2.08. The second-order valence-electron chi connectivity index (χ2n) is 3.89. The second-order valence-corrected chi connectivity index (χ2v) is 4.87. The minimum Gasteiger partial charge on any atom is -0.381 e. The van der Waals surface area contributed by atoms with Gasteiger partial charge >= 0.3 is 0 Å². The average molecular weight is 242 g/mol. The molecule has 0 bridgehead atoms. The highest BCUT2D eigenvalue weighted by atomic mass is 32.2. The predicted octanol–water partition coefficient (Wildman–Crippen LogP) is 0.885. The maximum atomic E-state index is 5.61. The molecule has 16 heavy (non-hydrogen) atoms. The van der Waals surface area contributed by atoms with E-state index in [1.165, 1.54) is 0 Å². The Balaban J connectivity index is 1.94. The fraction of sp³-hybridized carbons (Fsp3) is 0.800. The Morgan fingerprint density at radius 3 is 3.06 bits per heavy atom. The molecule has 1 aliphatic rings. The average Bonchev–Trinajstić information content (AvgIpc) is 2.94. The Kier molecular flexibility index (Phi) is 4.20. The van der Waals surface area contributed by atoms with Crippen molar-refractivity contribution < 1.29 is 4.74 Å². The van der Waals surface area contributed by atoms with E-state index in [0.717, 1.165) is 42.9 Å². The van der Waals surface area contributed by atoms with Crippen LogP contribution in [0, 0.1) is 5.92 Å². The summed E-state index contributed by atoms with van der Waals surface area (Å²) in [6.45, 7) is 5.21. The van der Waals surface area contributed by atoms with Gasteiger partial charge in [0, 0.05) is 18.9 Å². The van der Waals surface area contributed by atoms with Crippen molar-refractivity contribution in [2.24, 2.45) is 11.7 Å². The first kappa shape index (κ1) is 11.9. The molecular weight excluding hydrogens is 224 g/mol. The lowest BCUT2D eigenvalue weighted by atomic mass is 10.2. The number of aromatic nitrogens is 3. The van der Waals surface area contributed by atoms with E-state index in [4.69, 9.17) is 10.5 Å². The molecule has 1 atom stereocenters. The van der Waals surface area contributed by atoms with Crippen LogP contribution in [0.5, 0.6) is 0 Å². The molecule has 1 aromatic heterocycles. The molecule has 0 aliphatic carbocycles. The number of thioether (sulfide) groups is 1. The van der Waals surface area contributed by atoms with Gasteiger partial charge in [0.15, 0.2) is 5.16 Å². The molecule has 2 rings (SSSR count). The number of rotatable bonds is 5. The summed E-state index contributed by atoms with van der Waals surface area (Å²) >= 11 is 1.76. The minimum atomic E-state index is 0.452. The van der Waals surface area contributed by atoms with Gasteiger partial charge in [-0.25, -0.2) is 0 Å². The molecular formula is C10H18N4OS. The van der Waals surface area contributed by atoms with Crippen LogP contribution in [0.4, 0.5) is 0 Å². The van der Waals surface area contributed by atoms with E-state index >= 15 is 0 Å². The first-order valence-corrected chi connectivity index (χ1v) is 6.66. The summed E-state index contributed by atoms with van der Waals surface area (Å²) in [5, 5.41) is 9.24. The summed E-state index contributed by atoms with van der Waals surface area (Å²) in [6.07, 6.45) is 1.16. The number of hydrogen-bond acceptors (Lipinski definition) is 5. The van der Waals surface area contributed by atoms with Gasteiger partial charge in [0.05, 0.1) is 13.2 Å². The first-order valence-electron chi connectivity index (χ1n) is 5.67. The lowest BCUT2D eigenvalue weighted by molar-refractivity contribution is 0.189. The summed E-state index contributed by atoms with van der Waals surface area (Å²) in [5.74, 6) is 2.59. The molecule has 1 fully saturated rings. The molecule has 0 saturated carbocycles. The Labute approximate surface area is 99.7 Å². The largest absolute Gasteiger partial charge is 0.381 e. The summed E-state index contributed by atoms with van der Waals surface area (Å²) in [7, 11) is 0. The van der Waals surface area contributed by atoms with Gasteiger partial charge in [-0.3, -0.25) is 0 Å². The van der Waals surface area contributed by atoms with E-state index < -0.39 is 0 Å². The van der Waals surface area contributed by atoms with E-state index in [0.29, 0.717) is 12.5 Å². The Morgan fingerprint density at radius 2 is 2.44 bits per heavy atom. The quantitative estimate of drug-likeness (QED) is 0.777. The van der Waals surface area contributed by atoms with Gasteiger partial charge in [0.2, 0.25) is 0 Å². The summed E-state index contributed by atoms with van der Waals surface area (Å²) < 4.78 is 7.44. The molecule has 1 unspecified atom stereocenters. The first-order chi connectivity index (χ1) is 7.85. The van der Waals surface area contributed by atoms with E-state index in [2.05, 4.69) is 21.7 Å². The van der Waals surface area contributed by atoms with Crippen LogP contribution < -0.4 is 5.73 Å². The van der Waals surface area contributed by atoms with Crippen LogP contribution in [0.1, 0.15) is 19.2 Å². The molecule has 1 aliphatic heterocycles. The monoisotopic (exact) mass is 242 g/mol. The highest BCUT2D eigenvalue weighted by Crippen LogP contribution is 2.24. The molecule has 1 saturated heterocycles. The van der Waals surface area contributed by atoms with Crippen molar-refractivity contribution in [2.75, 3.05) is 19.0 Å². The zero-order valence-corrected chi connectivity index (χ0v) is 10.4. The van der Waals surface area contributed by atoms with Crippen LogP contribution in [-0.4, -0.2) is 33.7 Å². The molecule has 0 amide bonds. The van der Waals surface area contributed by atoms with Gasteiger partial charge < -0.3 is 15.0 Å². The Hall–Kier alpha value is -0.590. The van der Waals surface area contributed by atoms with Crippen LogP contribution in [0.2, 0.25) is 0 Å². The third-order valence-electron chi connectivity index (χ3n) is 2.76. The maximum absolute atomic E-state index is 5.61. The van der Waals surface area contributed by atoms with Gasteiger partial charge in [-0.2, -0.15) is 0 Å². The molecule has 5 nitrogen and oxygen atoms in total. The smallest absolute Gasteiger partial charge is 0.191 e. The number of hydrogen-bond donors (Lipinski definition) is 1. The van der Waals surface area contributed by atoms with Crippen molar-refractivity contribution in [3.05, 3.63) is 5.82 Å². The van der Waals surface area contributed by atoms with E-state index in [1.54, 1.807) is 11.8 Å². The van der Waals surface area contributed by atoms with Crippen molar-refractivity contribution in [3.8, 4) is 0 Å². The second kappa shape index (κ2) is 5.65. The van der Waals surface area contributed by atoms with E-state index in [-0.39, 0.29) is 0 Å². The third kappa shape index (κ3) is 2.56. The predicted molar refractivity (Wildman–Crippen MR) is 63.2 cm³/mol. The van der Waals surface area contributed by atoms with Gasteiger partial charge in [-0.15, -0.1) is 10.2 Å². The normalized spacial score (nSPS) is 20.5. The van der Waals surface area contributed by atoms with Crippen LogP contribution in [0.25, 0.3) is 0 Å². The summed E-state index contributed by atoms with van der Waals surface area (Å²) in [5.41, 5.74) is 5.61. The Morgan fingerprint density at radius 1 is 1.56 bits per heavy atom. The van der Waals surface area contributed by atoms with Gasteiger partial charge in [0.1, 0.15) is 5.82 Å². The third-order valence-corrected chi connectivity index (χ3v) is 3.96. The van der Waals surface area contributed by atoms with Crippen molar-refractivity contribution in [1.29, 1.82) is 0 Å². The van der Waals surface area contributed by atoms with Crippen LogP contribution in [-0.2, 0) is 17.8 Å². The number of ether oxygens (including phenoxy) is 1. The summed E-state index contributed by atoms with van der Waals surface area (Å²) in [6, 6.07) is 0. The number of nitrogens with two attached hydrogens (primary N) is 1. The van der Waals surface area contributed by atoms with Gasteiger partial charge in [0.25, 0.3) is 0 Å². The molecule has 2 heterocycles. The van der Waals surface area contributed by atoms with E-state index in [1.807, 2.05) is 0 Å². The standard InChI is InChI=1S/C10H18N4OS/c1-2-14-9(5-11)12-13-10(14)16-7-8-3-4-15-6-8/h8H,2-7,11H2,1H3. The van der Waals surface area contributed by atoms with Crippen molar-refractivity contribution in [1.82, 2.24) is 14.8 Å². The minimum absolute atomic E-state index is 0.452. The van der Waals surface area contributed by atoms with Crippen molar-refractivity contribution >= 4 is 11.8 Å². The molecule has 1 aromatic rings. The molecule has 0 aromatic carbocycles. The fourth-order valence-corrected chi connectivity index (χ4v) is 2.94. The van der Waals surface area contributed by atoms with Crippen LogP contribution in [0.3, 0.4) is 0 Å².